The fourth-order valence-electron chi connectivity index (χ4n) is 1.63. The predicted octanol–water partition coefficient (Wildman–Crippen LogP) is 2.55. The van der Waals surface area contributed by atoms with E-state index in [0.717, 1.165) is 0 Å². The molecule has 7 heteroatoms. The maximum absolute atomic E-state index is 12.1. The number of hydrogen-bond donors (Lipinski definition) is 0. The van der Waals surface area contributed by atoms with Gasteiger partial charge in [-0.2, -0.15) is 0 Å². The summed E-state index contributed by atoms with van der Waals surface area (Å²) < 4.78 is 24.2. The molecule has 18 heavy (non-hydrogen) atoms. The van der Waals surface area contributed by atoms with Gasteiger partial charge in [0.1, 0.15) is 4.90 Å². The highest BCUT2D eigenvalue weighted by Crippen LogP contribution is 2.29. The number of nitrogens with zero attached hydrogens (tertiary/aromatic N) is 1. The minimum Gasteiger partial charge on any atom is -0.258 e. The van der Waals surface area contributed by atoms with Crippen LogP contribution in [0.3, 0.4) is 0 Å². The van der Waals surface area contributed by atoms with E-state index in [9.17, 15) is 18.5 Å². The van der Waals surface area contributed by atoms with E-state index in [1.165, 1.54) is 25.1 Å². The van der Waals surface area contributed by atoms with Crippen LogP contribution in [-0.2, 0) is 9.84 Å². The van der Waals surface area contributed by atoms with E-state index in [4.69, 9.17) is 11.6 Å². The van der Waals surface area contributed by atoms with Gasteiger partial charge in [0.2, 0.25) is 0 Å². The van der Waals surface area contributed by atoms with E-state index in [1.807, 2.05) is 0 Å². The third kappa shape index (κ3) is 3.20. The average molecular weight is 292 g/mol. The Morgan fingerprint density at radius 3 is 2.56 bits per heavy atom. The van der Waals surface area contributed by atoms with Gasteiger partial charge in [-0.25, -0.2) is 8.42 Å². The van der Waals surface area contributed by atoms with Crippen LogP contribution in [0, 0.1) is 23.0 Å². The SMILES string of the molecule is Cc1cccc(S(=O)(=O)CC(C)CCl)c1[N+](=O)[O-]. The lowest BCUT2D eigenvalue weighted by Gasteiger charge is -2.10. The van der Waals surface area contributed by atoms with Crippen LogP contribution in [0.25, 0.3) is 0 Å². The van der Waals surface area contributed by atoms with E-state index in [1.54, 1.807) is 6.92 Å². The Bertz CT molecular complexity index is 556. The molecule has 100 valence electrons. The van der Waals surface area contributed by atoms with Crippen LogP contribution in [0.4, 0.5) is 5.69 Å². The lowest BCUT2D eigenvalue weighted by atomic mass is 10.2. The summed E-state index contributed by atoms with van der Waals surface area (Å²) in [6.45, 7) is 3.20. The molecule has 0 radical (unpaired) electrons. The molecule has 1 aromatic rings. The Morgan fingerprint density at radius 2 is 2.06 bits per heavy atom. The van der Waals surface area contributed by atoms with Crippen LogP contribution in [-0.4, -0.2) is 25.0 Å². The molecule has 1 unspecified atom stereocenters. The van der Waals surface area contributed by atoms with Crippen molar-refractivity contribution in [1.82, 2.24) is 0 Å². The van der Waals surface area contributed by atoms with Crippen molar-refractivity contribution in [3.05, 3.63) is 33.9 Å². The van der Waals surface area contributed by atoms with Crippen molar-refractivity contribution in [2.45, 2.75) is 18.7 Å². The minimum atomic E-state index is -3.70. The van der Waals surface area contributed by atoms with Gasteiger partial charge in [0.15, 0.2) is 9.84 Å². The van der Waals surface area contributed by atoms with Crippen LogP contribution in [0.15, 0.2) is 23.1 Å². The van der Waals surface area contributed by atoms with Crippen molar-refractivity contribution in [1.29, 1.82) is 0 Å². The van der Waals surface area contributed by atoms with E-state index in [0.29, 0.717) is 5.56 Å². The number of aryl methyl sites for hydroxylation is 1. The lowest BCUT2D eigenvalue weighted by molar-refractivity contribution is -0.388. The quantitative estimate of drug-likeness (QED) is 0.474. The fourth-order valence-corrected chi connectivity index (χ4v) is 3.73. The Balaban J connectivity index is 3.33. The van der Waals surface area contributed by atoms with Gasteiger partial charge in [-0.15, -0.1) is 11.6 Å². The van der Waals surface area contributed by atoms with Gasteiger partial charge in [-0.3, -0.25) is 10.1 Å². The number of alkyl halides is 1. The maximum Gasteiger partial charge on any atom is 0.290 e. The molecule has 0 heterocycles. The first kappa shape index (κ1) is 14.9. The highest BCUT2D eigenvalue weighted by atomic mass is 35.5. The molecule has 0 spiro atoms. The van der Waals surface area contributed by atoms with Crippen LogP contribution in [0.2, 0.25) is 0 Å². The molecule has 0 aliphatic rings. The number of nitro benzene ring substituents is 1. The molecule has 0 saturated carbocycles. The zero-order chi connectivity index (χ0) is 13.9. The second-order valence-corrected chi connectivity index (χ2v) is 6.53. The monoisotopic (exact) mass is 291 g/mol. The average Bonchev–Trinajstić information content (AvgIpc) is 2.27. The van der Waals surface area contributed by atoms with Crippen LogP contribution in [0.5, 0.6) is 0 Å². The smallest absolute Gasteiger partial charge is 0.258 e. The van der Waals surface area contributed by atoms with E-state index >= 15 is 0 Å². The molecule has 0 amide bonds. The molecule has 0 N–H and O–H groups in total. The third-order valence-electron chi connectivity index (χ3n) is 2.49. The summed E-state index contributed by atoms with van der Waals surface area (Å²) in [5, 5.41) is 11.0. The molecule has 0 aliphatic carbocycles. The second-order valence-electron chi connectivity index (χ2n) is 4.22. The molecular weight excluding hydrogens is 278 g/mol. The normalized spacial score (nSPS) is 13.3. The summed E-state index contributed by atoms with van der Waals surface area (Å²) in [7, 11) is -3.70. The van der Waals surface area contributed by atoms with Crippen molar-refractivity contribution in [3.8, 4) is 0 Å². The molecule has 0 aromatic heterocycles. The van der Waals surface area contributed by atoms with Gasteiger partial charge >= 0.3 is 0 Å². The zero-order valence-electron chi connectivity index (χ0n) is 10.1. The predicted molar refractivity (Wildman–Crippen MR) is 69.8 cm³/mol. The van der Waals surface area contributed by atoms with E-state index in [-0.39, 0.29) is 28.1 Å². The summed E-state index contributed by atoms with van der Waals surface area (Å²) in [4.78, 5) is 10.1. The molecular formula is C11H14ClNO4S. The molecule has 1 atom stereocenters. The summed E-state index contributed by atoms with van der Waals surface area (Å²) in [6.07, 6.45) is 0. The third-order valence-corrected chi connectivity index (χ3v) is 5.02. The second kappa shape index (κ2) is 5.67. The number of hydrogen-bond acceptors (Lipinski definition) is 4. The molecule has 0 saturated heterocycles. The number of sulfone groups is 1. The number of para-hydroxylation sites is 1. The summed E-state index contributed by atoms with van der Waals surface area (Å²) >= 11 is 5.58. The standard InChI is InChI=1S/C11H14ClNO4S/c1-8(6-12)7-18(16,17)10-5-3-4-9(2)11(10)13(14)15/h3-5,8H,6-7H2,1-2H3. The first-order chi connectivity index (χ1) is 8.29. The summed E-state index contributed by atoms with van der Waals surface area (Å²) in [5.41, 5.74) is -0.0149. The first-order valence-corrected chi connectivity index (χ1v) is 7.51. The van der Waals surface area contributed by atoms with Gasteiger partial charge in [0.05, 0.1) is 10.7 Å². The van der Waals surface area contributed by atoms with Crippen molar-refractivity contribution < 1.29 is 13.3 Å². The molecule has 0 aliphatic heterocycles. The molecule has 0 fully saturated rings. The van der Waals surface area contributed by atoms with Crippen molar-refractivity contribution in [2.24, 2.45) is 5.92 Å². The van der Waals surface area contributed by atoms with Gasteiger partial charge in [0, 0.05) is 11.4 Å². The highest BCUT2D eigenvalue weighted by molar-refractivity contribution is 7.91. The van der Waals surface area contributed by atoms with E-state index in [2.05, 4.69) is 0 Å². The Kier molecular flexibility index (Phi) is 4.70. The first-order valence-electron chi connectivity index (χ1n) is 5.32. The topological polar surface area (TPSA) is 77.3 Å². The fraction of sp³-hybridized carbons (Fsp3) is 0.455. The molecule has 1 aromatic carbocycles. The Morgan fingerprint density at radius 1 is 1.44 bits per heavy atom. The molecule has 1 rings (SSSR count). The van der Waals surface area contributed by atoms with Gasteiger partial charge in [-0.05, 0) is 18.9 Å². The van der Waals surface area contributed by atoms with Crippen molar-refractivity contribution in [2.75, 3.05) is 11.6 Å². The summed E-state index contributed by atoms with van der Waals surface area (Å²) in [5.74, 6) is -0.253. The van der Waals surface area contributed by atoms with Gasteiger partial charge < -0.3 is 0 Å². The minimum absolute atomic E-state index is 0.193. The Hall–Kier alpha value is -1.14. The number of benzene rings is 1. The zero-order valence-corrected chi connectivity index (χ0v) is 11.7. The number of halogens is 1. The molecule has 0 bridgehead atoms. The van der Waals surface area contributed by atoms with Gasteiger partial charge in [-0.1, -0.05) is 19.1 Å². The van der Waals surface area contributed by atoms with Crippen LogP contribution < -0.4 is 0 Å². The maximum atomic E-state index is 12.1. The highest BCUT2D eigenvalue weighted by Gasteiger charge is 2.28. The lowest BCUT2D eigenvalue weighted by Crippen LogP contribution is -2.16. The molecule has 5 nitrogen and oxygen atoms in total. The van der Waals surface area contributed by atoms with Crippen LogP contribution >= 0.6 is 11.6 Å². The van der Waals surface area contributed by atoms with Gasteiger partial charge in [0.25, 0.3) is 5.69 Å². The largest absolute Gasteiger partial charge is 0.290 e. The van der Waals surface area contributed by atoms with Crippen LogP contribution in [0.1, 0.15) is 12.5 Å². The number of rotatable bonds is 5. The van der Waals surface area contributed by atoms with Crippen molar-refractivity contribution in [3.63, 3.8) is 0 Å². The number of nitro groups is 1. The van der Waals surface area contributed by atoms with E-state index < -0.39 is 14.8 Å². The Labute approximate surface area is 111 Å². The summed E-state index contributed by atoms with van der Waals surface area (Å²) in [6, 6.07) is 4.28. The van der Waals surface area contributed by atoms with Crippen molar-refractivity contribution >= 4 is 27.1 Å².